The second-order valence-corrected chi connectivity index (χ2v) is 4.76. The lowest BCUT2D eigenvalue weighted by Gasteiger charge is -2.19. The number of nitrogens with one attached hydrogen (secondary N) is 1. The Morgan fingerprint density at radius 1 is 1.32 bits per heavy atom. The van der Waals surface area contributed by atoms with Gasteiger partial charge in [0.2, 0.25) is 0 Å². The first-order chi connectivity index (χ1) is 9.36. The molecule has 1 aliphatic rings. The van der Waals surface area contributed by atoms with E-state index in [4.69, 9.17) is 0 Å². The Kier molecular flexibility index (Phi) is 3.19. The molecule has 1 N–H and O–H groups in total. The van der Waals surface area contributed by atoms with Gasteiger partial charge in [-0.2, -0.15) is 0 Å². The van der Waals surface area contributed by atoms with E-state index in [2.05, 4.69) is 34.3 Å². The molecule has 2 aromatic rings. The normalized spacial score (nSPS) is 14.7. The van der Waals surface area contributed by atoms with Crippen molar-refractivity contribution in [3.05, 3.63) is 60.1 Å². The molecule has 0 fully saturated rings. The quantitative estimate of drug-likeness (QED) is 0.849. The monoisotopic (exact) mass is 252 g/mol. The van der Waals surface area contributed by atoms with Crippen LogP contribution in [-0.4, -0.2) is 22.7 Å². The van der Waals surface area contributed by atoms with Gasteiger partial charge in [-0.25, -0.2) is 0 Å². The average Bonchev–Trinajstić information content (AvgIpc) is 2.89. The predicted molar refractivity (Wildman–Crippen MR) is 76.6 cm³/mol. The molecule has 0 saturated carbocycles. The zero-order valence-corrected chi connectivity index (χ0v) is 10.7. The number of para-hydroxylation sites is 1. The zero-order chi connectivity index (χ0) is 13.1. The summed E-state index contributed by atoms with van der Waals surface area (Å²) >= 11 is 0. The summed E-state index contributed by atoms with van der Waals surface area (Å²) in [6.07, 6.45) is 10.7. The summed E-state index contributed by atoms with van der Waals surface area (Å²) in [6.45, 7) is 0.885. The van der Waals surface area contributed by atoms with Crippen LogP contribution in [-0.2, 0) is 11.2 Å². The van der Waals surface area contributed by atoms with Crippen molar-refractivity contribution in [3.8, 4) is 0 Å². The Morgan fingerprint density at radius 2 is 2.21 bits per heavy atom. The average molecular weight is 252 g/mol. The van der Waals surface area contributed by atoms with E-state index in [1.54, 1.807) is 0 Å². The van der Waals surface area contributed by atoms with Gasteiger partial charge in [-0.05, 0) is 30.7 Å². The summed E-state index contributed by atoms with van der Waals surface area (Å²) in [6, 6.07) is 8.32. The van der Waals surface area contributed by atoms with E-state index in [1.165, 1.54) is 16.5 Å². The highest BCUT2D eigenvalue weighted by atomic mass is 16.1. The summed E-state index contributed by atoms with van der Waals surface area (Å²) in [5.74, 6) is 0. The number of hydrogen-bond acceptors (Lipinski definition) is 2. The molecule has 0 amide bonds. The summed E-state index contributed by atoms with van der Waals surface area (Å²) in [7, 11) is 0. The summed E-state index contributed by atoms with van der Waals surface area (Å²) in [5.41, 5.74) is 3.33. The summed E-state index contributed by atoms with van der Waals surface area (Å²) in [5, 5.41) is 1.28. The van der Waals surface area contributed by atoms with Crippen LogP contribution in [0.4, 0.5) is 0 Å². The molecule has 19 heavy (non-hydrogen) atoms. The maximum absolute atomic E-state index is 10.8. The molecule has 1 aromatic heterocycles. The number of allylic oxidation sites excluding steroid dienone is 2. The molecule has 0 bridgehead atoms. The Hall–Kier alpha value is -2.29. The lowest BCUT2D eigenvalue weighted by molar-refractivity contribution is -0.105. The van der Waals surface area contributed by atoms with Crippen molar-refractivity contribution in [1.82, 2.24) is 9.88 Å². The molecular weight excluding hydrogens is 236 g/mol. The van der Waals surface area contributed by atoms with Crippen molar-refractivity contribution in [2.75, 3.05) is 6.54 Å². The van der Waals surface area contributed by atoms with Gasteiger partial charge in [0.05, 0.1) is 0 Å². The van der Waals surface area contributed by atoms with E-state index in [9.17, 15) is 4.79 Å². The number of fused-ring (bicyclic) bond motifs is 1. The molecule has 3 heteroatoms. The van der Waals surface area contributed by atoms with Gasteiger partial charge in [0.25, 0.3) is 0 Å². The molecule has 96 valence electrons. The van der Waals surface area contributed by atoms with Crippen LogP contribution < -0.4 is 0 Å². The number of aromatic nitrogens is 1. The van der Waals surface area contributed by atoms with Crippen molar-refractivity contribution in [2.45, 2.75) is 12.8 Å². The molecule has 0 aliphatic carbocycles. The molecule has 1 aromatic carbocycles. The lowest BCUT2D eigenvalue weighted by atomic mass is 10.1. The van der Waals surface area contributed by atoms with E-state index in [0.717, 1.165) is 31.2 Å². The SMILES string of the molecule is O=CC1=CN(CCc2c[nH]c3ccccc23)C=CC1. The van der Waals surface area contributed by atoms with Gasteiger partial charge < -0.3 is 9.88 Å². The number of carbonyl (C=O) groups excluding carboxylic acids is 1. The van der Waals surface area contributed by atoms with Gasteiger partial charge in [0.1, 0.15) is 6.29 Å². The first-order valence-corrected chi connectivity index (χ1v) is 6.50. The fourth-order valence-electron chi connectivity index (χ4n) is 2.44. The number of rotatable bonds is 4. The number of hydrogen-bond donors (Lipinski definition) is 1. The van der Waals surface area contributed by atoms with Crippen LogP contribution in [0, 0.1) is 0 Å². The van der Waals surface area contributed by atoms with E-state index >= 15 is 0 Å². The molecule has 1 aliphatic heterocycles. The molecule has 0 radical (unpaired) electrons. The minimum Gasteiger partial charge on any atom is -0.361 e. The number of H-pyrrole nitrogens is 1. The molecule has 3 nitrogen and oxygen atoms in total. The van der Waals surface area contributed by atoms with Crippen molar-refractivity contribution in [1.29, 1.82) is 0 Å². The maximum atomic E-state index is 10.8. The van der Waals surface area contributed by atoms with Gasteiger partial charge in [0.15, 0.2) is 0 Å². The zero-order valence-electron chi connectivity index (χ0n) is 10.7. The Labute approximate surface area is 112 Å². The Balaban J connectivity index is 1.72. The van der Waals surface area contributed by atoms with Crippen molar-refractivity contribution in [3.63, 3.8) is 0 Å². The molecule has 0 spiro atoms. The van der Waals surface area contributed by atoms with Crippen LogP contribution in [0.2, 0.25) is 0 Å². The van der Waals surface area contributed by atoms with Gasteiger partial charge in [0, 0.05) is 35.4 Å². The van der Waals surface area contributed by atoms with Crippen LogP contribution in [0.1, 0.15) is 12.0 Å². The molecule has 0 unspecified atom stereocenters. The first kappa shape index (κ1) is 11.8. The third kappa shape index (κ3) is 2.45. The van der Waals surface area contributed by atoms with E-state index in [-0.39, 0.29) is 0 Å². The molecule has 0 atom stereocenters. The molecule has 3 rings (SSSR count). The van der Waals surface area contributed by atoms with Gasteiger partial charge in [-0.15, -0.1) is 0 Å². The fraction of sp³-hybridized carbons (Fsp3) is 0.188. The fourth-order valence-corrected chi connectivity index (χ4v) is 2.44. The standard InChI is InChI=1S/C16H16N2O/c19-12-13-4-3-8-18(11-13)9-7-14-10-17-16-6-2-1-5-15(14)16/h1-3,5-6,8,10-12,17H,4,7,9H2. The second kappa shape index (κ2) is 5.14. The first-order valence-electron chi connectivity index (χ1n) is 6.50. The van der Waals surface area contributed by atoms with Crippen molar-refractivity contribution >= 4 is 17.2 Å². The minimum atomic E-state index is 0.743. The molecule has 2 heterocycles. The smallest absolute Gasteiger partial charge is 0.147 e. The highest BCUT2D eigenvalue weighted by Crippen LogP contribution is 2.19. The summed E-state index contributed by atoms with van der Waals surface area (Å²) in [4.78, 5) is 16.1. The van der Waals surface area contributed by atoms with Gasteiger partial charge >= 0.3 is 0 Å². The number of aldehydes is 1. The van der Waals surface area contributed by atoms with Crippen LogP contribution in [0.15, 0.2) is 54.5 Å². The highest BCUT2D eigenvalue weighted by Gasteiger charge is 2.07. The Morgan fingerprint density at radius 3 is 3.11 bits per heavy atom. The van der Waals surface area contributed by atoms with Gasteiger partial charge in [-0.1, -0.05) is 24.3 Å². The van der Waals surface area contributed by atoms with Crippen LogP contribution >= 0.6 is 0 Å². The molecule has 0 saturated heterocycles. The third-order valence-electron chi connectivity index (χ3n) is 3.45. The number of nitrogens with zero attached hydrogens (tertiary/aromatic N) is 1. The lowest BCUT2D eigenvalue weighted by Crippen LogP contribution is -2.16. The predicted octanol–water partition coefficient (Wildman–Crippen LogP) is 3.01. The van der Waals surface area contributed by atoms with Crippen LogP contribution in [0.5, 0.6) is 0 Å². The largest absolute Gasteiger partial charge is 0.361 e. The number of carbonyl (C=O) groups is 1. The van der Waals surface area contributed by atoms with E-state index in [0.29, 0.717) is 0 Å². The van der Waals surface area contributed by atoms with Crippen molar-refractivity contribution < 1.29 is 4.79 Å². The topological polar surface area (TPSA) is 36.1 Å². The number of aromatic amines is 1. The number of benzene rings is 1. The van der Waals surface area contributed by atoms with E-state index in [1.807, 2.05) is 24.5 Å². The highest BCUT2D eigenvalue weighted by molar-refractivity contribution is 5.83. The van der Waals surface area contributed by atoms with Crippen LogP contribution in [0.3, 0.4) is 0 Å². The third-order valence-corrected chi connectivity index (χ3v) is 3.45. The molecular formula is C16H16N2O. The second-order valence-electron chi connectivity index (χ2n) is 4.76. The van der Waals surface area contributed by atoms with E-state index < -0.39 is 0 Å². The van der Waals surface area contributed by atoms with Crippen LogP contribution in [0.25, 0.3) is 10.9 Å². The Bertz CT molecular complexity index is 652. The van der Waals surface area contributed by atoms with Gasteiger partial charge in [-0.3, -0.25) is 4.79 Å². The maximum Gasteiger partial charge on any atom is 0.147 e. The minimum absolute atomic E-state index is 0.743. The van der Waals surface area contributed by atoms with Crippen molar-refractivity contribution in [2.24, 2.45) is 0 Å². The summed E-state index contributed by atoms with van der Waals surface area (Å²) < 4.78 is 0.